The summed E-state index contributed by atoms with van der Waals surface area (Å²) in [5.74, 6) is 0.889. The molecule has 222 valence electrons. The number of carbonyl (C=O) groups is 3. The molecule has 0 aromatic rings. The summed E-state index contributed by atoms with van der Waals surface area (Å²) in [5.41, 5.74) is 2.64. The number of aliphatic hydroxyl groups excluding tert-OH is 1. The summed E-state index contributed by atoms with van der Waals surface area (Å²) in [6.45, 7) is 21.6. The van der Waals surface area contributed by atoms with Crippen molar-refractivity contribution in [2.45, 2.75) is 112 Å². The van der Waals surface area contributed by atoms with E-state index in [1.807, 2.05) is 7.05 Å². The van der Waals surface area contributed by atoms with Gasteiger partial charge in [0.25, 0.3) is 0 Å². The van der Waals surface area contributed by atoms with E-state index in [2.05, 4.69) is 77.9 Å². The Kier molecular flexibility index (Phi) is 20.7. The van der Waals surface area contributed by atoms with Crippen molar-refractivity contribution in [1.82, 2.24) is 20.9 Å². The van der Waals surface area contributed by atoms with Gasteiger partial charge < -0.3 is 26.0 Å². The molecule has 1 saturated carbocycles. The predicted octanol–water partition coefficient (Wildman–Crippen LogP) is 4.20. The van der Waals surface area contributed by atoms with Crippen LogP contribution >= 0.6 is 0 Å². The molecular formula is C30H58N4O4. The number of likely N-dealkylation sites (tertiary alicyclic amines) is 1. The van der Waals surface area contributed by atoms with Crippen LogP contribution in [0.3, 0.4) is 0 Å². The third kappa shape index (κ3) is 15.3. The van der Waals surface area contributed by atoms with Crippen molar-refractivity contribution in [2.75, 3.05) is 27.2 Å². The summed E-state index contributed by atoms with van der Waals surface area (Å²) in [6, 6.07) is -0.500. The Labute approximate surface area is 233 Å². The lowest BCUT2D eigenvalue weighted by Gasteiger charge is -2.35. The zero-order valence-electron chi connectivity index (χ0n) is 25.9. The summed E-state index contributed by atoms with van der Waals surface area (Å²) in [6.07, 6.45) is 8.25. The first-order valence-electron chi connectivity index (χ1n) is 14.0. The molecule has 0 bridgehead atoms. The SMILES string of the molecule is C=CCNC=O.CC(C)C.CCCC(NC(=O)C1CCCN1C(=O)C(NC)C(C)(C)C)C(C)=C1CC1.CO. The van der Waals surface area contributed by atoms with Crippen molar-refractivity contribution < 1.29 is 19.5 Å². The summed E-state index contributed by atoms with van der Waals surface area (Å²) in [4.78, 5) is 37.3. The van der Waals surface area contributed by atoms with Gasteiger partial charge in [-0.1, -0.05) is 72.1 Å². The highest BCUT2D eigenvalue weighted by Crippen LogP contribution is 2.34. The molecule has 2 aliphatic rings. The maximum absolute atomic E-state index is 13.1. The molecule has 3 atom stereocenters. The van der Waals surface area contributed by atoms with Gasteiger partial charge in [0, 0.05) is 20.2 Å². The monoisotopic (exact) mass is 538 g/mol. The van der Waals surface area contributed by atoms with E-state index in [0.717, 1.165) is 38.7 Å². The first-order valence-corrected chi connectivity index (χ1v) is 14.0. The van der Waals surface area contributed by atoms with Crippen LogP contribution in [0.2, 0.25) is 0 Å². The van der Waals surface area contributed by atoms with E-state index in [0.29, 0.717) is 19.5 Å². The Morgan fingerprint density at radius 3 is 2.11 bits per heavy atom. The normalized spacial score (nSPS) is 17.3. The molecule has 2 fully saturated rings. The number of nitrogens with zero attached hydrogens (tertiary/aromatic N) is 1. The van der Waals surface area contributed by atoms with Gasteiger partial charge in [-0.15, -0.1) is 6.58 Å². The Bertz CT molecular complexity index is 711. The standard InChI is InChI=1S/C21H37N3O2.C4H7NO.C4H10.CH4O/c1-7-9-16(14(2)15-11-12-15)23-19(25)17-10-8-13-24(17)20(26)18(22-6)21(3,4)5;1-2-3-5-4-6;1-4(2)3;1-2/h16-18,22H,7-13H2,1-6H3,(H,23,25);2,4H,1,3H2,(H,5,6);4H,1-3H3;2H,1H3. The molecule has 1 aliphatic heterocycles. The van der Waals surface area contributed by atoms with Gasteiger partial charge in [0.15, 0.2) is 0 Å². The summed E-state index contributed by atoms with van der Waals surface area (Å²) in [7, 11) is 2.82. The van der Waals surface area contributed by atoms with Crippen LogP contribution in [0.1, 0.15) is 93.9 Å². The molecule has 38 heavy (non-hydrogen) atoms. The number of allylic oxidation sites excluding steroid dienone is 1. The summed E-state index contributed by atoms with van der Waals surface area (Å²) in [5, 5.41) is 15.8. The highest BCUT2D eigenvalue weighted by molar-refractivity contribution is 5.91. The molecule has 4 N–H and O–H groups in total. The lowest BCUT2D eigenvalue weighted by atomic mass is 9.86. The predicted molar refractivity (Wildman–Crippen MR) is 159 cm³/mol. The smallest absolute Gasteiger partial charge is 0.243 e. The zero-order valence-corrected chi connectivity index (χ0v) is 25.9. The largest absolute Gasteiger partial charge is 0.400 e. The molecule has 1 aliphatic carbocycles. The van der Waals surface area contributed by atoms with Crippen LogP contribution in [0.4, 0.5) is 0 Å². The Morgan fingerprint density at radius 2 is 1.74 bits per heavy atom. The molecule has 1 heterocycles. The maximum atomic E-state index is 13.1. The van der Waals surface area contributed by atoms with Crippen molar-refractivity contribution >= 4 is 18.2 Å². The van der Waals surface area contributed by atoms with E-state index in [-0.39, 0.29) is 35.4 Å². The van der Waals surface area contributed by atoms with Gasteiger partial charge in [0.1, 0.15) is 6.04 Å². The van der Waals surface area contributed by atoms with Gasteiger partial charge >= 0.3 is 0 Å². The molecule has 0 aromatic heterocycles. The maximum Gasteiger partial charge on any atom is 0.243 e. The van der Waals surface area contributed by atoms with Crippen LogP contribution in [0.5, 0.6) is 0 Å². The van der Waals surface area contributed by atoms with Gasteiger partial charge in [-0.25, -0.2) is 0 Å². The minimum atomic E-state index is -0.336. The van der Waals surface area contributed by atoms with Crippen molar-refractivity contribution in [3.8, 4) is 0 Å². The lowest BCUT2D eigenvalue weighted by Crippen LogP contribution is -2.56. The Balaban J connectivity index is 0. The third-order valence-corrected chi connectivity index (χ3v) is 6.06. The molecule has 8 nitrogen and oxygen atoms in total. The average Bonchev–Trinajstić information content (AvgIpc) is 3.58. The number of hydrogen-bond acceptors (Lipinski definition) is 5. The van der Waals surface area contributed by atoms with Gasteiger partial charge in [0.2, 0.25) is 18.2 Å². The van der Waals surface area contributed by atoms with Crippen LogP contribution in [-0.4, -0.2) is 73.6 Å². The van der Waals surface area contributed by atoms with Gasteiger partial charge in [-0.3, -0.25) is 14.4 Å². The van der Waals surface area contributed by atoms with Crippen molar-refractivity contribution in [2.24, 2.45) is 11.3 Å². The Hall–Kier alpha value is -2.19. The molecule has 0 spiro atoms. The van der Waals surface area contributed by atoms with Crippen LogP contribution in [-0.2, 0) is 14.4 Å². The number of nitrogens with one attached hydrogen (secondary N) is 3. The first-order chi connectivity index (χ1) is 17.8. The van der Waals surface area contributed by atoms with Crippen LogP contribution < -0.4 is 16.0 Å². The third-order valence-electron chi connectivity index (χ3n) is 6.06. The number of aliphatic hydroxyl groups is 1. The van der Waals surface area contributed by atoms with E-state index in [1.54, 1.807) is 11.0 Å². The molecule has 0 radical (unpaired) electrons. The number of amides is 3. The van der Waals surface area contributed by atoms with Crippen LogP contribution in [0.15, 0.2) is 23.8 Å². The second-order valence-electron chi connectivity index (χ2n) is 11.5. The van der Waals surface area contributed by atoms with E-state index in [1.165, 1.54) is 24.0 Å². The van der Waals surface area contributed by atoms with E-state index in [4.69, 9.17) is 5.11 Å². The quantitative estimate of drug-likeness (QED) is 0.189. The fourth-order valence-corrected chi connectivity index (χ4v) is 4.18. The van der Waals surface area contributed by atoms with Crippen molar-refractivity contribution in [3.63, 3.8) is 0 Å². The highest BCUT2D eigenvalue weighted by Gasteiger charge is 2.40. The average molecular weight is 539 g/mol. The van der Waals surface area contributed by atoms with Gasteiger partial charge in [0.05, 0.1) is 12.1 Å². The minimum Gasteiger partial charge on any atom is -0.400 e. The zero-order chi connectivity index (χ0) is 29.9. The molecule has 1 saturated heterocycles. The Morgan fingerprint density at radius 1 is 1.18 bits per heavy atom. The number of carbonyl (C=O) groups excluding carboxylic acids is 3. The summed E-state index contributed by atoms with van der Waals surface area (Å²) >= 11 is 0. The van der Waals surface area contributed by atoms with Gasteiger partial charge in [-0.2, -0.15) is 0 Å². The second-order valence-corrected chi connectivity index (χ2v) is 11.5. The van der Waals surface area contributed by atoms with E-state index < -0.39 is 0 Å². The van der Waals surface area contributed by atoms with Crippen molar-refractivity contribution in [1.29, 1.82) is 0 Å². The number of hydrogen-bond donors (Lipinski definition) is 4. The number of likely N-dealkylation sites (N-methyl/N-ethyl adjacent to an activating group) is 1. The molecule has 0 aromatic carbocycles. The topological polar surface area (TPSA) is 111 Å². The molecule has 3 unspecified atom stereocenters. The van der Waals surface area contributed by atoms with Crippen LogP contribution in [0, 0.1) is 11.3 Å². The fraction of sp³-hybridized carbons (Fsp3) is 0.767. The highest BCUT2D eigenvalue weighted by atomic mass is 16.2. The lowest BCUT2D eigenvalue weighted by molar-refractivity contribution is -0.142. The van der Waals surface area contributed by atoms with Gasteiger partial charge in [-0.05, 0) is 57.4 Å². The molecule has 3 amide bonds. The molecule has 8 heteroatoms. The van der Waals surface area contributed by atoms with Crippen LogP contribution in [0.25, 0.3) is 0 Å². The molecular weight excluding hydrogens is 480 g/mol. The van der Waals surface area contributed by atoms with E-state index >= 15 is 0 Å². The fourth-order valence-electron chi connectivity index (χ4n) is 4.18. The summed E-state index contributed by atoms with van der Waals surface area (Å²) < 4.78 is 0. The molecule has 2 rings (SSSR count). The first kappa shape index (κ1) is 38.0. The van der Waals surface area contributed by atoms with Crippen molar-refractivity contribution in [3.05, 3.63) is 23.8 Å². The minimum absolute atomic E-state index is 0.0127. The second kappa shape index (κ2) is 20.7. The number of rotatable bonds is 10. The van der Waals surface area contributed by atoms with E-state index in [9.17, 15) is 14.4 Å².